The van der Waals surface area contributed by atoms with Crippen LogP contribution in [0.2, 0.25) is 0 Å². The topological polar surface area (TPSA) is 116 Å². The van der Waals surface area contributed by atoms with Crippen molar-refractivity contribution in [2.75, 3.05) is 19.7 Å². The monoisotopic (exact) mass is 492 g/mol. The minimum Gasteiger partial charge on any atom is -0.481 e. The Balaban J connectivity index is 1.43. The van der Waals surface area contributed by atoms with Crippen LogP contribution in [0, 0.1) is 0 Å². The van der Waals surface area contributed by atoms with Crippen LogP contribution in [0.3, 0.4) is 0 Å². The number of nitrogens with zero attached hydrogens (tertiary/aromatic N) is 1. The average Bonchev–Trinajstić information content (AvgIpc) is 3.36. The number of nitrogens with one attached hydrogen (secondary N) is 1. The van der Waals surface area contributed by atoms with Crippen molar-refractivity contribution in [1.29, 1.82) is 0 Å². The predicted molar refractivity (Wildman–Crippen MR) is 116 cm³/mol. The molecule has 186 valence electrons. The minimum atomic E-state index is -4.95. The fourth-order valence-corrected chi connectivity index (χ4v) is 4.59. The Bertz CT molecular complexity index is 1110. The number of alkyl carbamates (subject to hydrolysis) is 1. The summed E-state index contributed by atoms with van der Waals surface area (Å²) in [6, 6.07) is 13.6. The number of amides is 2. The number of ether oxygens (including phenoxy) is 1. The first-order valence-corrected chi connectivity index (χ1v) is 10.9. The van der Waals surface area contributed by atoms with Gasteiger partial charge in [-0.15, -0.1) is 0 Å². The largest absolute Gasteiger partial charge is 0.481 e. The lowest BCUT2D eigenvalue weighted by atomic mass is 9.98. The Morgan fingerprint density at radius 1 is 1.09 bits per heavy atom. The minimum absolute atomic E-state index is 0.0919. The number of β-amino-alcohol motifs (C(OH)–C–C–N with tert-alkyl or cyclic N) is 1. The number of rotatable bonds is 6. The van der Waals surface area contributed by atoms with E-state index in [1.165, 1.54) is 0 Å². The zero-order valence-electron chi connectivity index (χ0n) is 18.4. The van der Waals surface area contributed by atoms with Crippen molar-refractivity contribution in [3.63, 3.8) is 0 Å². The third-order valence-electron chi connectivity index (χ3n) is 6.40. The van der Waals surface area contributed by atoms with Crippen LogP contribution in [-0.4, -0.2) is 70.6 Å². The Hall–Kier alpha value is -3.60. The number of aliphatic hydroxyl groups is 1. The molecule has 1 saturated heterocycles. The van der Waals surface area contributed by atoms with Gasteiger partial charge in [-0.25, -0.2) is 4.79 Å². The molecule has 2 aromatic carbocycles. The number of likely N-dealkylation sites (tertiary alicyclic amines) is 1. The van der Waals surface area contributed by atoms with E-state index in [-0.39, 0.29) is 12.5 Å². The molecule has 3 N–H and O–H groups in total. The molecule has 35 heavy (non-hydrogen) atoms. The maximum absolute atomic E-state index is 13.1. The first kappa shape index (κ1) is 24.5. The number of alkyl halides is 3. The molecule has 4 rings (SSSR count). The highest BCUT2D eigenvalue weighted by molar-refractivity contribution is 5.89. The molecule has 2 aliphatic rings. The normalized spacial score (nSPS) is 20.2. The molecular weight excluding hydrogens is 469 g/mol. The second-order valence-electron chi connectivity index (χ2n) is 8.66. The molecule has 11 heteroatoms. The van der Waals surface area contributed by atoms with Gasteiger partial charge >= 0.3 is 18.2 Å². The first-order valence-electron chi connectivity index (χ1n) is 10.9. The van der Waals surface area contributed by atoms with Crippen LogP contribution in [0.25, 0.3) is 11.1 Å². The molecule has 1 aliphatic carbocycles. The maximum atomic E-state index is 13.1. The Morgan fingerprint density at radius 2 is 1.66 bits per heavy atom. The predicted octanol–water partition coefficient (Wildman–Crippen LogP) is 2.89. The van der Waals surface area contributed by atoms with Crippen molar-refractivity contribution in [3.05, 3.63) is 59.7 Å². The third kappa shape index (κ3) is 4.81. The van der Waals surface area contributed by atoms with Crippen molar-refractivity contribution in [2.45, 2.75) is 36.6 Å². The Labute approximate surface area is 198 Å². The van der Waals surface area contributed by atoms with Gasteiger partial charge in [0.25, 0.3) is 0 Å². The SMILES string of the molecule is O=C(O)CC(NC(=O)OCC1c2ccccc2-c2ccccc21)C(=O)N1CCC(O)(C(F)(F)F)C1. The zero-order valence-corrected chi connectivity index (χ0v) is 18.4. The Kier molecular flexibility index (Phi) is 6.46. The molecule has 0 saturated carbocycles. The number of halogens is 3. The lowest BCUT2D eigenvalue weighted by Gasteiger charge is -2.27. The van der Waals surface area contributed by atoms with Gasteiger partial charge in [0.05, 0.1) is 13.0 Å². The summed E-state index contributed by atoms with van der Waals surface area (Å²) >= 11 is 0. The molecule has 1 fully saturated rings. The van der Waals surface area contributed by atoms with Crippen molar-refractivity contribution in [1.82, 2.24) is 10.2 Å². The standard InChI is InChI=1S/C24H23F3N2O6/c25-24(26,27)23(34)9-10-29(13-23)21(32)19(11-20(30)31)28-22(33)35-12-18-16-7-3-1-5-14(16)15-6-2-4-8-17(15)18/h1-8,18-19,34H,9-13H2,(H,28,33)(H,30,31). The van der Waals surface area contributed by atoms with Crippen molar-refractivity contribution < 1.29 is 42.5 Å². The molecule has 0 spiro atoms. The summed E-state index contributed by atoms with van der Waals surface area (Å²) in [6.45, 7) is -1.57. The van der Waals surface area contributed by atoms with Gasteiger partial charge in [-0.1, -0.05) is 48.5 Å². The van der Waals surface area contributed by atoms with Crippen LogP contribution in [0.15, 0.2) is 48.5 Å². The summed E-state index contributed by atoms with van der Waals surface area (Å²) in [4.78, 5) is 37.2. The smallest absolute Gasteiger partial charge is 0.419 e. The van der Waals surface area contributed by atoms with Gasteiger partial charge in [-0.3, -0.25) is 9.59 Å². The van der Waals surface area contributed by atoms with E-state index in [0.717, 1.165) is 22.3 Å². The highest BCUT2D eigenvalue weighted by atomic mass is 19.4. The van der Waals surface area contributed by atoms with Crippen molar-refractivity contribution >= 4 is 18.0 Å². The van der Waals surface area contributed by atoms with Gasteiger partial charge in [0, 0.05) is 18.9 Å². The summed E-state index contributed by atoms with van der Waals surface area (Å²) in [5.74, 6) is -2.75. The van der Waals surface area contributed by atoms with Gasteiger partial charge in [-0.2, -0.15) is 13.2 Å². The van der Waals surface area contributed by atoms with E-state index in [9.17, 15) is 32.7 Å². The number of fused-ring (bicyclic) bond motifs is 3. The molecular formula is C24H23F3N2O6. The van der Waals surface area contributed by atoms with Crippen molar-refractivity contribution in [3.8, 4) is 11.1 Å². The van der Waals surface area contributed by atoms with Gasteiger partial charge < -0.3 is 25.2 Å². The third-order valence-corrected chi connectivity index (χ3v) is 6.40. The van der Waals surface area contributed by atoms with Crippen LogP contribution < -0.4 is 5.32 Å². The maximum Gasteiger partial charge on any atom is 0.419 e. The molecule has 8 nitrogen and oxygen atoms in total. The summed E-state index contributed by atoms with van der Waals surface area (Å²) in [5, 5.41) is 21.1. The molecule has 2 atom stereocenters. The van der Waals surface area contributed by atoms with Crippen LogP contribution in [0.4, 0.5) is 18.0 Å². The number of carboxylic acid groups (broad SMARTS) is 1. The molecule has 1 aliphatic heterocycles. The van der Waals surface area contributed by atoms with Crippen LogP contribution >= 0.6 is 0 Å². The summed E-state index contributed by atoms with van der Waals surface area (Å²) < 4.78 is 44.6. The quantitative estimate of drug-likeness (QED) is 0.571. The summed E-state index contributed by atoms with van der Waals surface area (Å²) in [6.07, 6.45) is -7.63. The van der Waals surface area contributed by atoms with E-state index in [4.69, 9.17) is 9.84 Å². The molecule has 1 heterocycles. The molecule has 0 radical (unpaired) electrons. The number of hydrogen-bond donors (Lipinski definition) is 3. The van der Waals surface area contributed by atoms with Gasteiger partial charge in [0.15, 0.2) is 5.60 Å². The second kappa shape index (κ2) is 9.21. The Morgan fingerprint density at radius 3 is 2.17 bits per heavy atom. The van der Waals surface area contributed by atoms with E-state index in [0.29, 0.717) is 4.90 Å². The molecule has 2 aromatic rings. The highest BCUT2D eigenvalue weighted by Gasteiger charge is 2.58. The summed E-state index contributed by atoms with van der Waals surface area (Å²) in [5.41, 5.74) is 0.816. The van der Waals surface area contributed by atoms with Gasteiger partial charge in [-0.05, 0) is 22.3 Å². The fourth-order valence-electron chi connectivity index (χ4n) is 4.59. The molecule has 0 bridgehead atoms. The first-order chi connectivity index (χ1) is 16.5. The fraction of sp³-hybridized carbons (Fsp3) is 0.375. The molecule has 0 aromatic heterocycles. The lowest BCUT2D eigenvalue weighted by Crippen LogP contribution is -2.52. The average molecular weight is 492 g/mol. The number of benzene rings is 2. The summed E-state index contributed by atoms with van der Waals surface area (Å²) in [7, 11) is 0. The van der Waals surface area contributed by atoms with E-state index < -0.39 is 61.7 Å². The highest BCUT2D eigenvalue weighted by Crippen LogP contribution is 2.44. The van der Waals surface area contributed by atoms with E-state index in [1.807, 2.05) is 48.5 Å². The number of hydrogen-bond acceptors (Lipinski definition) is 5. The molecule has 2 unspecified atom stereocenters. The van der Waals surface area contributed by atoms with E-state index >= 15 is 0 Å². The number of carbonyl (C=O) groups excluding carboxylic acids is 2. The number of aliphatic carboxylic acids is 1. The molecule has 2 amide bonds. The van der Waals surface area contributed by atoms with E-state index in [1.54, 1.807) is 0 Å². The van der Waals surface area contributed by atoms with Crippen LogP contribution in [-0.2, 0) is 14.3 Å². The van der Waals surface area contributed by atoms with Crippen LogP contribution in [0.1, 0.15) is 29.9 Å². The lowest BCUT2D eigenvalue weighted by molar-refractivity contribution is -0.253. The van der Waals surface area contributed by atoms with Crippen molar-refractivity contribution in [2.24, 2.45) is 0 Å². The van der Waals surface area contributed by atoms with E-state index in [2.05, 4.69) is 5.32 Å². The second-order valence-corrected chi connectivity index (χ2v) is 8.66. The zero-order chi connectivity index (χ0) is 25.4. The van der Waals surface area contributed by atoms with Gasteiger partial charge in [0.2, 0.25) is 5.91 Å². The number of carboxylic acids is 1. The van der Waals surface area contributed by atoms with Gasteiger partial charge in [0.1, 0.15) is 12.6 Å². The van der Waals surface area contributed by atoms with Crippen LogP contribution in [0.5, 0.6) is 0 Å². The number of carbonyl (C=O) groups is 3.